The van der Waals surface area contributed by atoms with Crippen LogP contribution in [0.15, 0.2) is 146 Å². The zero-order valence-corrected chi connectivity index (χ0v) is 51.1. The molecular formula is C73H118O6. The van der Waals surface area contributed by atoms with Crippen molar-refractivity contribution in [3.8, 4) is 0 Å². The van der Waals surface area contributed by atoms with Crippen LogP contribution < -0.4 is 0 Å². The number of hydrogen-bond donors (Lipinski definition) is 0. The van der Waals surface area contributed by atoms with Crippen LogP contribution in [-0.2, 0) is 28.6 Å². The molecule has 6 nitrogen and oxygen atoms in total. The zero-order chi connectivity index (χ0) is 57.1. The van der Waals surface area contributed by atoms with Crippen molar-refractivity contribution in [3.63, 3.8) is 0 Å². The van der Waals surface area contributed by atoms with E-state index in [0.717, 1.165) is 135 Å². The number of carbonyl (C=O) groups is 3. The van der Waals surface area contributed by atoms with Crippen molar-refractivity contribution in [2.24, 2.45) is 0 Å². The smallest absolute Gasteiger partial charge is 0.309 e. The number of ether oxygens (including phenoxy) is 3. The molecular weight excluding hydrogens is 973 g/mol. The van der Waals surface area contributed by atoms with Crippen molar-refractivity contribution in [1.29, 1.82) is 0 Å². The van der Waals surface area contributed by atoms with Gasteiger partial charge in [0.1, 0.15) is 13.2 Å². The van der Waals surface area contributed by atoms with E-state index in [4.69, 9.17) is 14.2 Å². The molecule has 0 N–H and O–H groups in total. The monoisotopic (exact) mass is 1090 g/mol. The molecule has 0 aromatic carbocycles. The van der Waals surface area contributed by atoms with E-state index in [2.05, 4.69) is 154 Å². The highest BCUT2D eigenvalue weighted by atomic mass is 16.6. The second kappa shape index (κ2) is 65.8. The molecule has 0 aliphatic heterocycles. The van der Waals surface area contributed by atoms with Crippen LogP contribution in [0.5, 0.6) is 0 Å². The lowest BCUT2D eigenvalue weighted by Gasteiger charge is -2.18. The van der Waals surface area contributed by atoms with Gasteiger partial charge in [0.05, 0.1) is 6.42 Å². The van der Waals surface area contributed by atoms with Crippen LogP contribution >= 0.6 is 0 Å². The summed E-state index contributed by atoms with van der Waals surface area (Å²) in [5.41, 5.74) is 0. The molecule has 0 spiro atoms. The molecule has 0 aliphatic rings. The lowest BCUT2D eigenvalue weighted by atomic mass is 10.0. The second-order valence-corrected chi connectivity index (χ2v) is 20.9. The van der Waals surface area contributed by atoms with Crippen LogP contribution in [0.1, 0.15) is 278 Å². The molecule has 79 heavy (non-hydrogen) atoms. The van der Waals surface area contributed by atoms with Crippen molar-refractivity contribution < 1.29 is 28.6 Å². The highest BCUT2D eigenvalue weighted by molar-refractivity contribution is 5.72. The molecule has 0 radical (unpaired) electrons. The highest BCUT2D eigenvalue weighted by Crippen LogP contribution is 2.16. The lowest BCUT2D eigenvalue weighted by Crippen LogP contribution is -2.30. The summed E-state index contributed by atoms with van der Waals surface area (Å²) < 4.78 is 16.8. The molecule has 0 aromatic heterocycles. The van der Waals surface area contributed by atoms with E-state index in [0.29, 0.717) is 12.8 Å². The molecule has 0 aliphatic carbocycles. The standard InChI is InChI=1S/C73H118O6/c1-4-7-10-13-16-19-22-25-28-30-32-33-34-35-36-37-38-39-41-42-45-48-51-54-57-60-63-66-72(75)78-69-70(68-77-71(74)65-62-59-56-53-50-47-44-27-24-21-18-15-12-9-6-3)79-73(76)67-64-61-58-55-52-49-46-43-40-31-29-26-23-20-17-14-11-8-5-2/h7,9-10,12,16,18-19,21,25,27-28,32-33,35-36,38-39,42,44-45,50,53,59,62,70H,4-6,8,11,13-15,17,20,22-24,26,29-31,34,37,40-41,43,46-49,51-52,54-58,60-61,63-69H2,1-3H3/b10-7-,12-9-,19-16-,21-18-,28-25-,33-32-,36-35-,39-38-,44-27-,45-42-,53-50-,62-59-. The van der Waals surface area contributed by atoms with Gasteiger partial charge in [-0.1, -0.05) is 301 Å². The molecule has 0 saturated heterocycles. The maximum Gasteiger partial charge on any atom is 0.309 e. The Morgan fingerprint density at radius 1 is 0.278 bits per heavy atom. The Morgan fingerprint density at radius 3 is 0.886 bits per heavy atom. The van der Waals surface area contributed by atoms with E-state index in [1.807, 2.05) is 6.08 Å². The average molecular weight is 1090 g/mol. The van der Waals surface area contributed by atoms with Gasteiger partial charge in [-0.2, -0.15) is 0 Å². The predicted octanol–water partition coefficient (Wildman–Crippen LogP) is 22.3. The number of allylic oxidation sites excluding steroid dienone is 23. The minimum atomic E-state index is -0.832. The van der Waals surface area contributed by atoms with Crippen LogP contribution in [-0.4, -0.2) is 37.2 Å². The van der Waals surface area contributed by atoms with Gasteiger partial charge >= 0.3 is 17.9 Å². The first-order valence-electron chi connectivity index (χ1n) is 32.3. The maximum absolute atomic E-state index is 12.9. The number of carbonyl (C=O) groups excluding carboxylic acids is 3. The van der Waals surface area contributed by atoms with Crippen LogP contribution in [0.4, 0.5) is 0 Å². The SMILES string of the molecule is CC/C=C\C/C=C\C/C=C\C/C=C\C/C=C\C/C=C\C/C=C\CCCCCCCC(=O)OCC(COC(=O)C/C=C\C/C=C\C/C=C\C/C=C\C/C=C\CC)OC(=O)CCCCCCCCCCCCCCCCCCCCC. The topological polar surface area (TPSA) is 78.9 Å². The van der Waals surface area contributed by atoms with Gasteiger partial charge in [0.2, 0.25) is 0 Å². The van der Waals surface area contributed by atoms with Crippen molar-refractivity contribution in [2.75, 3.05) is 13.2 Å². The third kappa shape index (κ3) is 64.0. The zero-order valence-electron chi connectivity index (χ0n) is 51.1. The van der Waals surface area contributed by atoms with Crippen LogP contribution in [0.2, 0.25) is 0 Å². The Bertz CT molecular complexity index is 1730. The van der Waals surface area contributed by atoms with E-state index in [9.17, 15) is 14.4 Å². The average Bonchev–Trinajstić information content (AvgIpc) is 3.45. The Morgan fingerprint density at radius 2 is 0.544 bits per heavy atom. The van der Waals surface area contributed by atoms with E-state index in [-0.39, 0.29) is 31.6 Å². The molecule has 0 amide bonds. The highest BCUT2D eigenvalue weighted by Gasteiger charge is 2.19. The Labute approximate surface area is 487 Å². The molecule has 6 heteroatoms. The fraction of sp³-hybridized carbons (Fsp3) is 0.630. The van der Waals surface area contributed by atoms with Crippen LogP contribution in [0, 0.1) is 0 Å². The fourth-order valence-electron chi connectivity index (χ4n) is 8.61. The van der Waals surface area contributed by atoms with Gasteiger partial charge in [-0.05, 0) is 103 Å². The van der Waals surface area contributed by atoms with Gasteiger partial charge in [-0.3, -0.25) is 14.4 Å². The fourth-order valence-corrected chi connectivity index (χ4v) is 8.61. The van der Waals surface area contributed by atoms with Gasteiger partial charge in [0.25, 0.3) is 0 Å². The van der Waals surface area contributed by atoms with E-state index < -0.39 is 12.1 Å². The molecule has 0 bridgehead atoms. The van der Waals surface area contributed by atoms with Gasteiger partial charge in [-0.25, -0.2) is 0 Å². The third-order valence-corrected chi connectivity index (χ3v) is 13.4. The molecule has 446 valence electrons. The normalized spacial score (nSPS) is 13.1. The lowest BCUT2D eigenvalue weighted by molar-refractivity contribution is -0.166. The predicted molar refractivity (Wildman–Crippen MR) is 343 cm³/mol. The first-order valence-corrected chi connectivity index (χ1v) is 32.3. The summed E-state index contributed by atoms with van der Waals surface area (Å²) >= 11 is 0. The molecule has 0 aromatic rings. The largest absolute Gasteiger partial charge is 0.462 e. The molecule has 0 heterocycles. The van der Waals surface area contributed by atoms with Gasteiger partial charge in [0.15, 0.2) is 6.10 Å². The summed E-state index contributed by atoms with van der Waals surface area (Å²) in [4.78, 5) is 38.3. The number of rotatable bonds is 57. The van der Waals surface area contributed by atoms with Gasteiger partial charge < -0.3 is 14.2 Å². The third-order valence-electron chi connectivity index (χ3n) is 13.4. The van der Waals surface area contributed by atoms with Crippen molar-refractivity contribution in [3.05, 3.63) is 146 Å². The quantitative estimate of drug-likeness (QED) is 0.0261. The van der Waals surface area contributed by atoms with Crippen LogP contribution in [0.3, 0.4) is 0 Å². The number of hydrogen-bond acceptors (Lipinski definition) is 6. The summed E-state index contributed by atoms with van der Waals surface area (Å²) in [7, 11) is 0. The van der Waals surface area contributed by atoms with E-state index in [1.54, 1.807) is 6.08 Å². The number of unbranched alkanes of at least 4 members (excludes halogenated alkanes) is 23. The Hall–Kier alpha value is -4.71. The van der Waals surface area contributed by atoms with Gasteiger partial charge in [0, 0.05) is 12.8 Å². The maximum atomic E-state index is 12.9. The second-order valence-electron chi connectivity index (χ2n) is 20.9. The molecule has 0 saturated carbocycles. The summed E-state index contributed by atoms with van der Waals surface area (Å²) in [5.74, 6) is -1.07. The molecule has 1 atom stereocenters. The first-order chi connectivity index (χ1) is 39.0. The molecule has 1 unspecified atom stereocenters. The minimum absolute atomic E-state index is 0.119. The van der Waals surface area contributed by atoms with Crippen LogP contribution in [0.25, 0.3) is 0 Å². The molecule has 0 fully saturated rings. The van der Waals surface area contributed by atoms with Crippen molar-refractivity contribution >= 4 is 17.9 Å². The minimum Gasteiger partial charge on any atom is -0.462 e. The Balaban J connectivity index is 4.47. The summed E-state index contributed by atoms with van der Waals surface area (Å²) in [6, 6.07) is 0. The van der Waals surface area contributed by atoms with Crippen molar-refractivity contribution in [2.45, 2.75) is 284 Å². The van der Waals surface area contributed by atoms with Crippen molar-refractivity contribution in [1.82, 2.24) is 0 Å². The Kier molecular flexibility index (Phi) is 61.9. The first kappa shape index (κ1) is 74.3. The van der Waals surface area contributed by atoms with Gasteiger partial charge in [-0.15, -0.1) is 0 Å². The van der Waals surface area contributed by atoms with E-state index in [1.165, 1.54) is 103 Å². The number of esters is 3. The molecule has 0 rings (SSSR count). The summed E-state index contributed by atoms with van der Waals surface area (Å²) in [5, 5.41) is 0. The summed E-state index contributed by atoms with van der Waals surface area (Å²) in [6.45, 7) is 6.32. The summed E-state index contributed by atoms with van der Waals surface area (Å²) in [6.07, 6.45) is 94.5. The van der Waals surface area contributed by atoms with E-state index >= 15 is 0 Å².